The Morgan fingerprint density at radius 2 is 2.11 bits per heavy atom. The maximum atomic E-state index is 12.1. The first-order chi connectivity index (χ1) is 9.08. The predicted octanol–water partition coefficient (Wildman–Crippen LogP) is 1.51. The van der Waals surface area contributed by atoms with Crippen molar-refractivity contribution in [1.29, 1.82) is 0 Å². The maximum absolute atomic E-state index is 12.1. The predicted molar refractivity (Wildman–Crippen MR) is 69.7 cm³/mol. The molecule has 0 aromatic heterocycles. The summed E-state index contributed by atoms with van der Waals surface area (Å²) in [6.07, 6.45) is 4.80. The van der Waals surface area contributed by atoms with Gasteiger partial charge >= 0.3 is 5.97 Å². The molecule has 0 aromatic rings. The van der Waals surface area contributed by atoms with E-state index in [9.17, 15) is 9.59 Å². The third kappa shape index (κ3) is 3.69. The topological polar surface area (TPSA) is 66.8 Å². The van der Waals surface area contributed by atoms with Crippen molar-refractivity contribution in [3.05, 3.63) is 0 Å². The molecule has 0 aromatic carbocycles. The lowest BCUT2D eigenvalue weighted by atomic mass is 9.99. The van der Waals surface area contributed by atoms with Crippen LogP contribution in [0.3, 0.4) is 0 Å². The van der Waals surface area contributed by atoms with Crippen molar-refractivity contribution in [2.75, 3.05) is 19.7 Å². The molecule has 2 fully saturated rings. The van der Waals surface area contributed by atoms with Crippen molar-refractivity contribution in [1.82, 2.24) is 4.90 Å². The zero-order chi connectivity index (χ0) is 13.8. The largest absolute Gasteiger partial charge is 0.481 e. The Labute approximate surface area is 113 Å². The van der Waals surface area contributed by atoms with E-state index in [1.807, 2.05) is 6.92 Å². The summed E-state index contributed by atoms with van der Waals surface area (Å²) in [5.74, 6) is -1.08. The van der Waals surface area contributed by atoms with Crippen LogP contribution in [0.15, 0.2) is 0 Å². The minimum atomic E-state index is -0.793. The fraction of sp³-hybridized carbons (Fsp3) is 0.857. The normalized spacial score (nSPS) is 31.4. The van der Waals surface area contributed by atoms with E-state index in [2.05, 4.69) is 0 Å². The molecule has 5 nitrogen and oxygen atoms in total. The van der Waals surface area contributed by atoms with E-state index in [0.717, 1.165) is 25.9 Å². The maximum Gasteiger partial charge on any atom is 0.308 e. The van der Waals surface area contributed by atoms with Crippen LogP contribution in [0, 0.1) is 11.8 Å². The first-order valence-corrected chi connectivity index (χ1v) is 7.20. The molecule has 108 valence electrons. The zero-order valence-corrected chi connectivity index (χ0v) is 11.5. The van der Waals surface area contributed by atoms with Crippen molar-refractivity contribution in [2.45, 2.75) is 45.1 Å². The van der Waals surface area contributed by atoms with Gasteiger partial charge in [0.25, 0.3) is 0 Å². The van der Waals surface area contributed by atoms with Gasteiger partial charge in [-0.2, -0.15) is 0 Å². The van der Waals surface area contributed by atoms with Gasteiger partial charge in [0.1, 0.15) is 0 Å². The average molecular weight is 269 g/mol. The molecule has 1 N–H and O–H groups in total. The van der Waals surface area contributed by atoms with Crippen LogP contribution < -0.4 is 0 Å². The quantitative estimate of drug-likeness (QED) is 0.840. The lowest BCUT2D eigenvalue weighted by molar-refractivity contribution is -0.142. The SMILES string of the molecule is C[C@@H]1CN(C(=O)CCC2CCCCO2)C[C@H]1C(=O)O. The van der Waals surface area contributed by atoms with Gasteiger partial charge in [-0.3, -0.25) is 9.59 Å². The van der Waals surface area contributed by atoms with E-state index < -0.39 is 11.9 Å². The highest BCUT2D eigenvalue weighted by Crippen LogP contribution is 2.25. The molecule has 0 radical (unpaired) electrons. The van der Waals surface area contributed by atoms with E-state index in [4.69, 9.17) is 9.84 Å². The number of carboxylic acids is 1. The number of ether oxygens (including phenoxy) is 1. The van der Waals surface area contributed by atoms with Crippen molar-refractivity contribution in [2.24, 2.45) is 11.8 Å². The molecular weight excluding hydrogens is 246 g/mol. The first-order valence-electron chi connectivity index (χ1n) is 7.20. The van der Waals surface area contributed by atoms with Crippen molar-refractivity contribution >= 4 is 11.9 Å². The summed E-state index contributed by atoms with van der Waals surface area (Å²) in [6, 6.07) is 0. The van der Waals surface area contributed by atoms with E-state index >= 15 is 0 Å². The highest BCUT2D eigenvalue weighted by atomic mass is 16.5. The summed E-state index contributed by atoms with van der Waals surface area (Å²) >= 11 is 0. The number of hydrogen-bond acceptors (Lipinski definition) is 3. The molecule has 0 spiro atoms. The molecule has 1 amide bonds. The Balaban J connectivity index is 1.76. The van der Waals surface area contributed by atoms with Gasteiger partial charge < -0.3 is 14.7 Å². The summed E-state index contributed by atoms with van der Waals surface area (Å²) in [7, 11) is 0. The lowest BCUT2D eigenvalue weighted by Gasteiger charge is -2.23. The zero-order valence-electron chi connectivity index (χ0n) is 11.5. The smallest absolute Gasteiger partial charge is 0.308 e. The molecule has 5 heteroatoms. The molecule has 19 heavy (non-hydrogen) atoms. The molecule has 2 aliphatic heterocycles. The Morgan fingerprint density at radius 3 is 2.68 bits per heavy atom. The van der Waals surface area contributed by atoms with Crippen molar-refractivity contribution < 1.29 is 19.4 Å². The van der Waals surface area contributed by atoms with Crippen LogP contribution in [0.25, 0.3) is 0 Å². The fourth-order valence-corrected chi connectivity index (χ4v) is 2.97. The molecule has 2 heterocycles. The first kappa shape index (κ1) is 14.3. The Morgan fingerprint density at radius 1 is 1.32 bits per heavy atom. The molecule has 0 aliphatic carbocycles. The van der Waals surface area contributed by atoms with Gasteiger partial charge in [-0.15, -0.1) is 0 Å². The number of carboxylic acid groups (broad SMARTS) is 1. The number of amides is 1. The molecule has 2 aliphatic rings. The molecule has 2 rings (SSSR count). The number of nitrogens with zero attached hydrogens (tertiary/aromatic N) is 1. The number of carbonyl (C=O) groups excluding carboxylic acids is 1. The van der Waals surface area contributed by atoms with Gasteiger partial charge in [0, 0.05) is 26.1 Å². The van der Waals surface area contributed by atoms with Crippen molar-refractivity contribution in [3.63, 3.8) is 0 Å². The van der Waals surface area contributed by atoms with Crippen LogP contribution in [-0.2, 0) is 14.3 Å². The highest BCUT2D eigenvalue weighted by molar-refractivity contribution is 5.79. The second kappa shape index (κ2) is 6.37. The number of likely N-dealkylation sites (tertiary alicyclic amines) is 1. The molecule has 2 saturated heterocycles. The molecule has 1 unspecified atom stereocenters. The number of aliphatic carboxylic acids is 1. The third-order valence-corrected chi connectivity index (χ3v) is 4.24. The standard InChI is InChI=1S/C14H23NO4/c1-10-8-15(9-12(10)14(17)18)13(16)6-5-11-4-2-3-7-19-11/h10-12H,2-9H2,1H3,(H,17,18)/t10-,11?,12-/m1/s1. The van der Waals surface area contributed by atoms with Crippen LogP contribution in [0.4, 0.5) is 0 Å². The monoisotopic (exact) mass is 269 g/mol. The Kier molecular flexibility index (Phi) is 4.80. The van der Waals surface area contributed by atoms with Gasteiger partial charge in [-0.1, -0.05) is 6.92 Å². The van der Waals surface area contributed by atoms with Gasteiger partial charge in [0.05, 0.1) is 12.0 Å². The number of carbonyl (C=O) groups is 2. The Bertz CT molecular complexity index is 338. The van der Waals surface area contributed by atoms with E-state index in [-0.39, 0.29) is 17.9 Å². The van der Waals surface area contributed by atoms with Gasteiger partial charge in [0.2, 0.25) is 5.91 Å². The van der Waals surface area contributed by atoms with Crippen LogP contribution >= 0.6 is 0 Å². The molecule has 0 bridgehead atoms. The lowest BCUT2D eigenvalue weighted by Crippen LogP contribution is -2.31. The molecule has 0 saturated carbocycles. The van der Waals surface area contributed by atoms with E-state index in [1.54, 1.807) is 4.90 Å². The van der Waals surface area contributed by atoms with E-state index in [1.165, 1.54) is 6.42 Å². The minimum Gasteiger partial charge on any atom is -0.481 e. The summed E-state index contributed by atoms with van der Waals surface area (Å²) in [4.78, 5) is 24.8. The second-order valence-corrected chi connectivity index (χ2v) is 5.75. The highest BCUT2D eigenvalue weighted by Gasteiger charge is 2.36. The number of rotatable bonds is 4. The molecule has 3 atom stereocenters. The Hall–Kier alpha value is -1.10. The van der Waals surface area contributed by atoms with Crippen LogP contribution in [0.5, 0.6) is 0 Å². The minimum absolute atomic E-state index is 0.0485. The van der Waals surface area contributed by atoms with Crippen LogP contribution in [0.2, 0.25) is 0 Å². The van der Waals surface area contributed by atoms with Crippen molar-refractivity contribution in [3.8, 4) is 0 Å². The summed E-state index contributed by atoms with van der Waals surface area (Å²) in [5.41, 5.74) is 0. The molecular formula is C14H23NO4. The van der Waals surface area contributed by atoms with E-state index in [0.29, 0.717) is 19.5 Å². The number of hydrogen-bond donors (Lipinski definition) is 1. The summed E-state index contributed by atoms with van der Waals surface area (Å²) in [5, 5.41) is 9.06. The van der Waals surface area contributed by atoms with Gasteiger partial charge in [-0.05, 0) is 31.6 Å². The fourth-order valence-electron chi connectivity index (χ4n) is 2.97. The summed E-state index contributed by atoms with van der Waals surface area (Å²) < 4.78 is 5.61. The van der Waals surface area contributed by atoms with Crippen LogP contribution in [0.1, 0.15) is 39.0 Å². The van der Waals surface area contributed by atoms with Gasteiger partial charge in [0.15, 0.2) is 0 Å². The van der Waals surface area contributed by atoms with Crippen LogP contribution in [-0.4, -0.2) is 47.7 Å². The van der Waals surface area contributed by atoms with Gasteiger partial charge in [-0.25, -0.2) is 0 Å². The third-order valence-electron chi connectivity index (χ3n) is 4.24. The average Bonchev–Trinajstić information content (AvgIpc) is 2.79. The second-order valence-electron chi connectivity index (χ2n) is 5.75. The summed E-state index contributed by atoms with van der Waals surface area (Å²) in [6.45, 7) is 3.64.